The predicted octanol–water partition coefficient (Wildman–Crippen LogP) is 2.23. The second-order valence-corrected chi connectivity index (χ2v) is 9.52. The largest absolute Gasteiger partial charge is 0.377 e. The molecule has 0 bridgehead atoms. The molecule has 1 spiro atoms. The van der Waals surface area contributed by atoms with Crippen molar-refractivity contribution in [3.8, 4) is 0 Å². The molecule has 0 atom stereocenters. The van der Waals surface area contributed by atoms with E-state index in [1.807, 2.05) is 6.07 Å². The number of methoxy groups -OCH3 is 1. The Balaban J connectivity index is 1.45. The number of rotatable bonds is 4. The maximum atomic E-state index is 12.9. The van der Waals surface area contributed by atoms with E-state index in [4.69, 9.17) is 4.74 Å². The van der Waals surface area contributed by atoms with Crippen molar-refractivity contribution in [1.82, 2.24) is 19.1 Å². The number of aromatic nitrogens is 3. The smallest absolute Gasteiger partial charge is 0.243 e. The highest BCUT2D eigenvalue weighted by atomic mass is 32.2. The monoisotopic (exact) mass is 390 g/mol. The highest BCUT2D eigenvalue weighted by Crippen LogP contribution is 2.42. The topological polar surface area (TPSA) is 77.3 Å². The van der Waals surface area contributed by atoms with Crippen molar-refractivity contribution in [2.75, 3.05) is 20.2 Å². The molecule has 1 aromatic heterocycles. The molecule has 2 aliphatic heterocycles. The third-order valence-corrected chi connectivity index (χ3v) is 8.00. The van der Waals surface area contributed by atoms with E-state index >= 15 is 0 Å². The molecule has 3 heterocycles. The molecule has 27 heavy (non-hydrogen) atoms. The molecule has 7 nitrogen and oxygen atoms in total. The fourth-order valence-electron chi connectivity index (χ4n) is 4.34. The van der Waals surface area contributed by atoms with E-state index in [1.54, 1.807) is 35.7 Å². The van der Waals surface area contributed by atoms with Crippen LogP contribution in [0, 0.1) is 5.41 Å². The van der Waals surface area contributed by atoms with Gasteiger partial charge in [-0.2, -0.15) is 4.31 Å². The van der Waals surface area contributed by atoms with Crippen molar-refractivity contribution < 1.29 is 13.2 Å². The van der Waals surface area contributed by atoms with E-state index in [0.29, 0.717) is 24.6 Å². The van der Waals surface area contributed by atoms with Crippen molar-refractivity contribution >= 4 is 10.0 Å². The summed E-state index contributed by atoms with van der Waals surface area (Å²) in [5.41, 5.74) is 0.188. The molecule has 2 aromatic rings. The van der Waals surface area contributed by atoms with Crippen LogP contribution in [0.4, 0.5) is 0 Å². The number of hydrogen-bond donors (Lipinski definition) is 0. The molecule has 1 fully saturated rings. The Kier molecular flexibility index (Phi) is 5.05. The van der Waals surface area contributed by atoms with Crippen LogP contribution in [0.3, 0.4) is 0 Å². The number of sulfonamides is 1. The van der Waals surface area contributed by atoms with Crippen LogP contribution in [0.25, 0.3) is 0 Å². The van der Waals surface area contributed by atoms with E-state index in [-0.39, 0.29) is 5.41 Å². The molecule has 4 rings (SSSR count). The van der Waals surface area contributed by atoms with E-state index in [1.165, 1.54) is 0 Å². The van der Waals surface area contributed by atoms with E-state index in [2.05, 4.69) is 14.8 Å². The Morgan fingerprint density at radius 3 is 2.44 bits per heavy atom. The minimum atomic E-state index is -3.39. The zero-order valence-corrected chi connectivity index (χ0v) is 16.5. The first kappa shape index (κ1) is 18.6. The normalized spacial score (nSPS) is 20.3. The molecule has 0 N–H and O–H groups in total. The van der Waals surface area contributed by atoms with Crippen LogP contribution in [0.1, 0.15) is 37.3 Å². The average Bonchev–Trinajstić information content (AvgIpc) is 2.99. The third-order valence-electron chi connectivity index (χ3n) is 6.09. The Hall–Kier alpha value is -1.77. The van der Waals surface area contributed by atoms with Gasteiger partial charge in [0, 0.05) is 33.2 Å². The molecule has 0 unspecified atom stereocenters. The molecule has 2 aliphatic rings. The first-order valence-electron chi connectivity index (χ1n) is 9.49. The lowest BCUT2D eigenvalue weighted by Gasteiger charge is -2.40. The number of benzene rings is 1. The molecule has 0 amide bonds. The van der Waals surface area contributed by atoms with Gasteiger partial charge in [0.2, 0.25) is 10.0 Å². The summed E-state index contributed by atoms with van der Waals surface area (Å²) in [6, 6.07) is 8.74. The van der Waals surface area contributed by atoms with Gasteiger partial charge in [-0.1, -0.05) is 18.2 Å². The summed E-state index contributed by atoms with van der Waals surface area (Å²) in [6.07, 6.45) is 4.77. The highest BCUT2D eigenvalue weighted by Gasteiger charge is 2.39. The Morgan fingerprint density at radius 2 is 1.74 bits per heavy atom. The summed E-state index contributed by atoms with van der Waals surface area (Å²) in [4.78, 5) is 0.386. The van der Waals surface area contributed by atoms with E-state index in [9.17, 15) is 8.42 Å². The molecule has 1 aromatic carbocycles. The summed E-state index contributed by atoms with van der Waals surface area (Å²) in [5.74, 6) is 1.91. The molecule has 0 saturated carbocycles. The van der Waals surface area contributed by atoms with Gasteiger partial charge in [0.05, 0.1) is 4.90 Å². The van der Waals surface area contributed by atoms with Crippen LogP contribution < -0.4 is 0 Å². The lowest BCUT2D eigenvalue weighted by molar-refractivity contribution is 0.127. The van der Waals surface area contributed by atoms with Crippen molar-refractivity contribution in [2.45, 2.75) is 50.2 Å². The zero-order chi connectivity index (χ0) is 18.9. The van der Waals surface area contributed by atoms with Crippen molar-refractivity contribution in [1.29, 1.82) is 0 Å². The standard InChI is InChI=1S/C19H26N4O3S/c1-26-15-18-21-20-17-7-8-19(11-14-23(17)18)9-12-22(13-10-19)27(24,25)16-5-3-2-4-6-16/h2-6H,7-15H2,1H3. The molecule has 146 valence electrons. The number of hydrogen-bond acceptors (Lipinski definition) is 5. The fraction of sp³-hybridized carbons (Fsp3) is 0.579. The summed E-state index contributed by atoms with van der Waals surface area (Å²) in [7, 11) is -1.72. The average molecular weight is 391 g/mol. The maximum absolute atomic E-state index is 12.9. The van der Waals surface area contributed by atoms with E-state index < -0.39 is 10.0 Å². The minimum absolute atomic E-state index is 0.188. The highest BCUT2D eigenvalue weighted by molar-refractivity contribution is 7.89. The van der Waals surface area contributed by atoms with Gasteiger partial charge in [-0.05, 0) is 43.2 Å². The summed E-state index contributed by atoms with van der Waals surface area (Å²) >= 11 is 0. The van der Waals surface area contributed by atoms with Crippen molar-refractivity contribution in [2.24, 2.45) is 5.41 Å². The zero-order valence-electron chi connectivity index (χ0n) is 15.7. The second kappa shape index (κ2) is 7.33. The van der Waals surface area contributed by atoms with Gasteiger partial charge in [-0.25, -0.2) is 8.42 Å². The SMILES string of the molecule is COCc1nnc2n1CCC1(CC2)CCN(S(=O)(=O)c2ccccc2)CC1. The lowest BCUT2D eigenvalue weighted by atomic mass is 9.73. The Morgan fingerprint density at radius 1 is 1.04 bits per heavy atom. The Bertz CT molecular complexity index is 887. The second-order valence-electron chi connectivity index (χ2n) is 7.58. The van der Waals surface area contributed by atoms with Crippen LogP contribution in [0.15, 0.2) is 35.2 Å². The van der Waals surface area contributed by atoms with Crippen LogP contribution >= 0.6 is 0 Å². The molecule has 0 aliphatic carbocycles. The first-order chi connectivity index (χ1) is 13.0. The minimum Gasteiger partial charge on any atom is -0.377 e. The number of piperidine rings is 1. The van der Waals surface area contributed by atoms with E-state index in [0.717, 1.165) is 50.3 Å². The summed E-state index contributed by atoms with van der Waals surface area (Å²) < 4.78 is 34.8. The van der Waals surface area contributed by atoms with Crippen LogP contribution in [0.5, 0.6) is 0 Å². The number of fused-ring (bicyclic) bond motifs is 1. The predicted molar refractivity (Wildman–Crippen MR) is 101 cm³/mol. The molecule has 8 heteroatoms. The fourth-order valence-corrected chi connectivity index (χ4v) is 5.81. The summed E-state index contributed by atoms with van der Waals surface area (Å²) in [6.45, 7) is 2.53. The Labute approximate surface area is 160 Å². The number of nitrogens with zero attached hydrogens (tertiary/aromatic N) is 4. The van der Waals surface area contributed by atoms with Gasteiger partial charge in [0.25, 0.3) is 0 Å². The number of ether oxygens (including phenoxy) is 1. The van der Waals surface area contributed by atoms with Gasteiger partial charge in [-0.15, -0.1) is 10.2 Å². The molecular formula is C19H26N4O3S. The van der Waals surface area contributed by atoms with Gasteiger partial charge >= 0.3 is 0 Å². The van der Waals surface area contributed by atoms with Crippen molar-refractivity contribution in [3.63, 3.8) is 0 Å². The maximum Gasteiger partial charge on any atom is 0.243 e. The van der Waals surface area contributed by atoms with Gasteiger partial charge in [-0.3, -0.25) is 0 Å². The lowest BCUT2D eigenvalue weighted by Crippen LogP contribution is -2.43. The first-order valence-corrected chi connectivity index (χ1v) is 10.9. The van der Waals surface area contributed by atoms with Crippen LogP contribution in [-0.4, -0.2) is 47.7 Å². The van der Waals surface area contributed by atoms with Gasteiger partial charge in [0.15, 0.2) is 5.82 Å². The van der Waals surface area contributed by atoms with Gasteiger partial charge in [0.1, 0.15) is 12.4 Å². The van der Waals surface area contributed by atoms with Crippen LogP contribution in [0.2, 0.25) is 0 Å². The molecular weight excluding hydrogens is 364 g/mol. The van der Waals surface area contributed by atoms with Gasteiger partial charge < -0.3 is 9.30 Å². The third kappa shape index (κ3) is 3.53. The summed E-state index contributed by atoms with van der Waals surface area (Å²) in [5, 5.41) is 8.57. The van der Waals surface area contributed by atoms with Crippen molar-refractivity contribution in [3.05, 3.63) is 42.0 Å². The number of aryl methyl sites for hydroxylation is 1. The molecule has 0 radical (unpaired) electrons. The molecule has 1 saturated heterocycles. The van der Waals surface area contributed by atoms with Crippen LogP contribution in [-0.2, 0) is 34.3 Å². The quantitative estimate of drug-likeness (QED) is 0.800.